The van der Waals surface area contributed by atoms with E-state index < -0.39 is 0 Å². The Morgan fingerprint density at radius 3 is 2.71 bits per heavy atom. The Bertz CT molecular complexity index is 94.1. The molecule has 0 radical (unpaired) electrons. The molecule has 2 rings (SSSR count). The predicted molar refractivity (Wildman–Crippen MR) is 26.1 cm³/mol. The van der Waals surface area contributed by atoms with Crippen molar-refractivity contribution in [3.63, 3.8) is 0 Å². The first-order valence-electron chi connectivity index (χ1n) is 2.77. The van der Waals surface area contributed by atoms with Gasteiger partial charge in [-0.3, -0.25) is 0 Å². The van der Waals surface area contributed by atoms with E-state index in [2.05, 4.69) is 12.2 Å². The van der Waals surface area contributed by atoms with Gasteiger partial charge in [-0.1, -0.05) is 0 Å². The first kappa shape index (κ1) is 3.87. The molecule has 0 aromatic rings. The predicted octanol–water partition coefficient (Wildman–Crippen LogP) is -0.255. The lowest BCUT2D eigenvalue weighted by Crippen LogP contribution is -2.24. The summed E-state index contributed by atoms with van der Waals surface area (Å²) in [6.07, 6.45) is 1.15. The summed E-state index contributed by atoms with van der Waals surface area (Å²) in [4.78, 5) is 0. The van der Waals surface area contributed by atoms with Gasteiger partial charge < -0.3 is 10.1 Å². The summed E-state index contributed by atoms with van der Waals surface area (Å²) in [6.45, 7) is 3.24. The molecule has 2 heterocycles. The van der Waals surface area contributed by atoms with Gasteiger partial charge in [-0.2, -0.15) is 0 Å². The van der Waals surface area contributed by atoms with Gasteiger partial charge in [-0.25, -0.2) is 0 Å². The molecular weight excluding hydrogens is 90.1 g/mol. The van der Waals surface area contributed by atoms with Gasteiger partial charge in [-0.15, -0.1) is 0 Å². The fourth-order valence-corrected chi connectivity index (χ4v) is 1.18. The smallest absolute Gasteiger partial charge is 0.100 e. The molecule has 0 aliphatic carbocycles. The minimum atomic E-state index is 0.569. The van der Waals surface area contributed by atoms with Crippen molar-refractivity contribution in [2.24, 2.45) is 0 Å². The molecule has 0 amide bonds. The molecule has 2 nitrogen and oxygen atoms in total. The molecule has 3 atom stereocenters. The first-order chi connectivity index (χ1) is 3.38. The van der Waals surface area contributed by atoms with Gasteiger partial charge >= 0.3 is 0 Å². The van der Waals surface area contributed by atoms with Crippen LogP contribution in [0.15, 0.2) is 0 Å². The number of epoxide rings is 1. The summed E-state index contributed by atoms with van der Waals surface area (Å²) in [5.74, 6) is 0. The van der Waals surface area contributed by atoms with Crippen molar-refractivity contribution in [2.45, 2.75) is 25.2 Å². The molecule has 0 spiro atoms. The molecule has 1 N–H and O–H groups in total. The molecular formula is C5H9NO. The van der Waals surface area contributed by atoms with E-state index in [1.165, 1.54) is 0 Å². The van der Waals surface area contributed by atoms with Gasteiger partial charge in [0, 0.05) is 12.6 Å². The van der Waals surface area contributed by atoms with Crippen molar-refractivity contribution < 1.29 is 4.74 Å². The largest absolute Gasteiger partial charge is 0.367 e. The number of hydrogen-bond donors (Lipinski definition) is 1. The Kier molecular flexibility index (Phi) is 0.557. The topological polar surface area (TPSA) is 24.6 Å². The van der Waals surface area contributed by atoms with Crippen LogP contribution in [-0.2, 0) is 4.74 Å². The third-order valence-electron chi connectivity index (χ3n) is 1.76. The van der Waals surface area contributed by atoms with Crippen LogP contribution in [0, 0.1) is 0 Å². The number of fused-ring (bicyclic) bond motifs is 1. The second-order valence-corrected chi connectivity index (χ2v) is 2.34. The van der Waals surface area contributed by atoms with E-state index in [4.69, 9.17) is 4.74 Å². The molecule has 2 heteroatoms. The number of rotatable bonds is 0. The lowest BCUT2D eigenvalue weighted by molar-refractivity contribution is 0.297. The maximum Gasteiger partial charge on any atom is 0.100 e. The van der Waals surface area contributed by atoms with Crippen LogP contribution < -0.4 is 5.32 Å². The van der Waals surface area contributed by atoms with E-state index in [0.717, 1.165) is 6.54 Å². The quantitative estimate of drug-likeness (QED) is 0.423. The molecule has 2 aliphatic rings. The number of morpholine rings is 1. The van der Waals surface area contributed by atoms with Gasteiger partial charge in [0.1, 0.15) is 6.10 Å². The maximum atomic E-state index is 5.20. The molecule has 2 saturated heterocycles. The summed E-state index contributed by atoms with van der Waals surface area (Å²) in [6, 6.07) is 0.616. The lowest BCUT2D eigenvalue weighted by atomic mass is 10.3. The van der Waals surface area contributed by atoms with Crippen molar-refractivity contribution in [3.8, 4) is 0 Å². The zero-order chi connectivity index (χ0) is 4.85. The maximum absolute atomic E-state index is 5.20. The highest BCUT2D eigenvalue weighted by atomic mass is 16.6. The van der Waals surface area contributed by atoms with Gasteiger partial charge in [0.25, 0.3) is 0 Å². The fourth-order valence-electron chi connectivity index (χ4n) is 1.18. The van der Waals surface area contributed by atoms with E-state index >= 15 is 0 Å². The van der Waals surface area contributed by atoms with Crippen LogP contribution in [0.2, 0.25) is 0 Å². The van der Waals surface area contributed by atoms with Gasteiger partial charge in [-0.05, 0) is 6.92 Å². The third-order valence-corrected chi connectivity index (χ3v) is 1.76. The average Bonchev–Trinajstić information content (AvgIpc) is 2.33. The van der Waals surface area contributed by atoms with E-state index in [0.29, 0.717) is 18.2 Å². The van der Waals surface area contributed by atoms with E-state index in [9.17, 15) is 0 Å². The third kappa shape index (κ3) is 0.409. The molecule has 0 saturated carbocycles. The van der Waals surface area contributed by atoms with Gasteiger partial charge in [0.2, 0.25) is 0 Å². The Hall–Kier alpha value is -0.0800. The molecule has 7 heavy (non-hydrogen) atoms. The SMILES string of the molecule is CC1NCC2OC12. The Morgan fingerprint density at radius 2 is 2.57 bits per heavy atom. The van der Waals surface area contributed by atoms with Crippen molar-refractivity contribution in [2.75, 3.05) is 6.54 Å². The van der Waals surface area contributed by atoms with Crippen LogP contribution in [0.4, 0.5) is 0 Å². The Labute approximate surface area is 42.9 Å². The van der Waals surface area contributed by atoms with Crippen molar-refractivity contribution in [3.05, 3.63) is 0 Å². The lowest BCUT2D eigenvalue weighted by Gasteiger charge is -2.01. The second kappa shape index (κ2) is 1.01. The molecule has 2 fully saturated rings. The summed E-state index contributed by atoms with van der Waals surface area (Å²) in [5, 5.41) is 3.29. The van der Waals surface area contributed by atoms with Crippen molar-refractivity contribution in [1.82, 2.24) is 5.32 Å². The summed E-state index contributed by atoms with van der Waals surface area (Å²) < 4.78 is 5.20. The molecule has 0 aromatic heterocycles. The average molecular weight is 99.1 g/mol. The summed E-state index contributed by atoms with van der Waals surface area (Å²) in [5.41, 5.74) is 0. The van der Waals surface area contributed by atoms with Crippen LogP contribution >= 0.6 is 0 Å². The highest BCUT2D eigenvalue weighted by Gasteiger charge is 2.47. The molecule has 2 aliphatic heterocycles. The van der Waals surface area contributed by atoms with Crippen LogP contribution in [0.25, 0.3) is 0 Å². The van der Waals surface area contributed by atoms with E-state index in [1.54, 1.807) is 0 Å². The highest BCUT2D eigenvalue weighted by Crippen LogP contribution is 2.29. The number of ether oxygens (including phenoxy) is 1. The monoisotopic (exact) mass is 99.1 g/mol. The van der Waals surface area contributed by atoms with Gasteiger partial charge in [0.15, 0.2) is 0 Å². The normalized spacial score (nSPS) is 57.0. The van der Waals surface area contributed by atoms with Crippen LogP contribution in [-0.4, -0.2) is 24.8 Å². The van der Waals surface area contributed by atoms with Crippen molar-refractivity contribution >= 4 is 0 Å². The minimum Gasteiger partial charge on any atom is -0.367 e. The van der Waals surface area contributed by atoms with Crippen molar-refractivity contribution in [1.29, 1.82) is 0 Å². The van der Waals surface area contributed by atoms with Gasteiger partial charge in [0.05, 0.1) is 6.10 Å². The minimum absolute atomic E-state index is 0.569. The number of nitrogens with one attached hydrogen (secondary N) is 1. The zero-order valence-electron chi connectivity index (χ0n) is 4.35. The van der Waals surface area contributed by atoms with E-state index in [-0.39, 0.29) is 0 Å². The van der Waals surface area contributed by atoms with E-state index in [1.807, 2.05) is 0 Å². The van der Waals surface area contributed by atoms with Crippen LogP contribution in [0.1, 0.15) is 6.92 Å². The summed E-state index contributed by atoms with van der Waals surface area (Å²) >= 11 is 0. The standard InChI is InChI=1S/C5H9NO/c1-3-5-4(7-5)2-6-3/h3-6H,2H2,1H3. The Balaban J connectivity index is 2.08. The van der Waals surface area contributed by atoms with Crippen LogP contribution in [0.5, 0.6) is 0 Å². The zero-order valence-corrected chi connectivity index (χ0v) is 4.35. The first-order valence-corrected chi connectivity index (χ1v) is 2.77. The second-order valence-electron chi connectivity index (χ2n) is 2.34. The highest BCUT2D eigenvalue weighted by molar-refractivity contribution is 5.00. The fraction of sp³-hybridized carbons (Fsp3) is 1.00. The molecule has 0 aromatic carbocycles. The molecule has 3 unspecified atom stereocenters. The molecule has 0 bridgehead atoms. The number of hydrogen-bond acceptors (Lipinski definition) is 2. The Morgan fingerprint density at radius 1 is 1.71 bits per heavy atom. The molecule has 40 valence electrons. The summed E-state index contributed by atoms with van der Waals surface area (Å²) in [7, 11) is 0. The van der Waals surface area contributed by atoms with Crippen LogP contribution in [0.3, 0.4) is 0 Å².